The van der Waals surface area contributed by atoms with E-state index < -0.39 is 0 Å². The van der Waals surface area contributed by atoms with Crippen LogP contribution in [0.1, 0.15) is 5.56 Å². The van der Waals surface area contributed by atoms with E-state index >= 15 is 0 Å². The molecule has 0 saturated heterocycles. The summed E-state index contributed by atoms with van der Waals surface area (Å²) in [5.74, 6) is 2.33. The lowest BCUT2D eigenvalue weighted by atomic mass is 10.1. The van der Waals surface area contributed by atoms with Crippen LogP contribution in [0, 0.1) is 0 Å². The molecule has 0 aliphatic heterocycles. The molecule has 4 rings (SSSR count). The molecule has 31 heavy (non-hydrogen) atoms. The van der Waals surface area contributed by atoms with Crippen molar-refractivity contribution >= 4 is 11.5 Å². The Morgan fingerprint density at radius 3 is 2.45 bits per heavy atom. The van der Waals surface area contributed by atoms with Crippen LogP contribution in [0.15, 0.2) is 79.1 Å². The normalized spacial score (nSPS) is 10.5. The van der Waals surface area contributed by atoms with Gasteiger partial charge in [-0.05, 0) is 35.4 Å². The van der Waals surface area contributed by atoms with Crippen molar-refractivity contribution in [3.05, 3.63) is 84.7 Å². The van der Waals surface area contributed by atoms with E-state index in [2.05, 4.69) is 9.97 Å². The zero-order chi connectivity index (χ0) is 21.6. The molecule has 3 aromatic carbocycles. The summed E-state index contributed by atoms with van der Waals surface area (Å²) in [5.41, 5.74) is 15.0. The molecule has 4 N–H and O–H groups in total. The van der Waals surface area contributed by atoms with Crippen molar-refractivity contribution in [1.82, 2.24) is 9.97 Å². The van der Waals surface area contributed by atoms with Crippen LogP contribution in [0.2, 0.25) is 0 Å². The average molecular weight is 414 g/mol. The van der Waals surface area contributed by atoms with Crippen LogP contribution in [0.25, 0.3) is 11.1 Å². The predicted molar refractivity (Wildman–Crippen MR) is 120 cm³/mol. The lowest BCUT2D eigenvalue weighted by molar-refractivity contribution is 0.284. The molecule has 0 saturated carbocycles. The third-order valence-electron chi connectivity index (χ3n) is 4.60. The Bertz CT molecular complexity index is 1180. The average Bonchev–Trinajstić information content (AvgIpc) is 2.78. The van der Waals surface area contributed by atoms with Gasteiger partial charge in [0, 0.05) is 11.8 Å². The molecule has 0 spiro atoms. The maximum atomic E-state index is 6.17. The van der Waals surface area contributed by atoms with Gasteiger partial charge in [0.15, 0.2) is 11.5 Å². The summed E-state index contributed by atoms with van der Waals surface area (Å²) in [6.07, 6.45) is 1.36. The SMILES string of the molecule is COc1cc(-c2c(N)ncnc2Oc2cccc(N)c2)ccc1OCc1ccccc1. The lowest BCUT2D eigenvalue weighted by Crippen LogP contribution is -2.01. The molecule has 0 aliphatic carbocycles. The van der Waals surface area contributed by atoms with Crippen molar-refractivity contribution in [2.45, 2.75) is 6.61 Å². The molecule has 0 aliphatic rings. The van der Waals surface area contributed by atoms with E-state index in [-0.39, 0.29) is 5.82 Å². The second kappa shape index (κ2) is 9.04. The number of anilines is 2. The molecule has 0 bridgehead atoms. The van der Waals surface area contributed by atoms with Crippen LogP contribution in [-0.4, -0.2) is 17.1 Å². The number of rotatable bonds is 7. The van der Waals surface area contributed by atoms with E-state index in [0.717, 1.165) is 11.1 Å². The molecular formula is C24H22N4O3. The number of hydrogen-bond donors (Lipinski definition) is 2. The molecule has 0 unspecified atom stereocenters. The van der Waals surface area contributed by atoms with Gasteiger partial charge in [-0.25, -0.2) is 9.97 Å². The molecule has 156 valence electrons. The van der Waals surface area contributed by atoms with Gasteiger partial charge in [-0.2, -0.15) is 0 Å². The summed E-state index contributed by atoms with van der Waals surface area (Å²) in [7, 11) is 1.59. The monoisotopic (exact) mass is 414 g/mol. The van der Waals surface area contributed by atoms with Gasteiger partial charge in [0.1, 0.15) is 24.5 Å². The first kappa shape index (κ1) is 20.0. The Morgan fingerprint density at radius 2 is 1.68 bits per heavy atom. The first-order valence-electron chi connectivity index (χ1n) is 9.63. The maximum Gasteiger partial charge on any atom is 0.232 e. The van der Waals surface area contributed by atoms with Crippen molar-refractivity contribution in [2.75, 3.05) is 18.6 Å². The number of nitrogens with two attached hydrogens (primary N) is 2. The fraction of sp³-hybridized carbons (Fsp3) is 0.0833. The second-order valence-corrected chi connectivity index (χ2v) is 6.75. The highest BCUT2D eigenvalue weighted by Gasteiger charge is 2.17. The number of aromatic nitrogens is 2. The van der Waals surface area contributed by atoms with Crippen LogP contribution in [-0.2, 0) is 6.61 Å². The highest BCUT2D eigenvalue weighted by atomic mass is 16.5. The van der Waals surface area contributed by atoms with Crippen molar-refractivity contribution in [1.29, 1.82) is 0 Å². The largest absolute Gasteiger partial charge is 0.493 e. The van der Waals surface area contributed by atoms with Gasteiger partial charge in [-0.1, -0.05) is 42.5 Å². The third-order valence-corrected chi connectivity index (χ3v) is 4.60. The number of nitrogens with zero attached hydrogens (tertiary/aromatic N) is 2. The zero-order valence-electron chi connectivity index (χ0n) is 17.0. The lowest BCUT2D eigenvalue weighted by Gasteiger charge is -2.15. The summed E-state index contributed by atoms with van der Waals surface area (Å²) in [6.45, 7) is 0.428. The van der Waals surface area contributed by atoms with Crippen LogP contribution < -0.4 is 25.7 Å². The summed E-state index contributed by atoms with van der Waals surface area (Å²) >= 11 is 0. The molecule has 4 aromatic rings. The first-order chi connectivity index (χ1) is 15.1. The highest BCUT2D eigenvalue weighted by Crippen LogP contribution is 2.39. The highest BCUT2D eigenvalue weighted by molar-refractivity contribution is 5.80. The molecule has 0 amide bonds. The Labute approximate surface area is 180 Å². The van der Waals surface area contributed by atoms with Crippen molar-refractivity contribution < 1.29 is 14.2 Å². The van der Waals surface area contributed by atoms with E-state index in [0.29, 0.717) is 41.0 Å². The molecular weight excluding hydrogens is 392 g/mol. The van der Waals surface area contributed by atoms with Gasteiger partial charge in [0.25, 0.3) is 0 Å². The Morgan fingerprint density at radius 1 is 0.839 bits per heavy atom. The Balaban J connectivity index is 1.64. The van der Waals surface area contributed by atoms with Crippen LogP contribution in [0.4, 0.5) is 11.5 Å². The molecule has 1 aromatic heterocycles. The topological polar surface area (TPSA) is 106 Å². The Hall–Kier alpha value is -4.26. The van der Waals surface area contributed by atoms with Gasteiger partial charge in [0.2, 0.25) is 5.88 Å². The molecule has 1 heterocycles. The molecule has 7 heteroatoms. The standard InChI is InChI=1S/C24H22N4O3/c1-29-21-12-17(10-11-20(21)30-14-16-6-3-2-4-7-16)22-23(26)27-15-28-24(22)31-19-9-5-8-18(25)13-19/h2-13,15H,14,25H2,1H3,(H2,26,27,28). The molecule has 0 atom stereocenters. The van der Waals surface area contributed by atoms with Gasteiger partial charge < -0.3 is 25.7 Å². The van der Waals surface area contributed by atoms with E-state index in [9.17, 15) is 0 Å². The minimum Gasteiger partial charge on any atom is -0.493 e. The van der Waals surface area contributed by atoms with E-state index in [1.165, 1.54) is 6.33 Å². The van der Waals surface area contributed by atoms with Gasteiger partial charge in [-0.3, -0.25) is 0 Å². The summed E-state index contributed by atoms with van der Waals surface area (Å²) < 4.78 is 17.4. The van der Waals surface area contributed by atoms with Gasteiger partial charge in [-0.15, -0.1) is 0 Å². The first-order valence-corrected chi connectivity index (χ1v) is 9.63. The number of nitrogen functional groups attached to an aromatic ring is 2. The predicted octanol–water partition coefficient (Wildman–Crippen LogP) is 4.69. The second-order valence-electron chi connectivity index (χ2n) is 6.75. The number of methoxy groups -OCH3 is 1. The van der Waals surface area contributed by atoms with E-state index in [4.69, 9.17) is 25.7 Å². The minimum absolute atomic E-state index is 0.286. The smallest absolute Gasteiger partial charge is 0.232 e. The van der Waals surface area contributed by atoms with Crippen LogP contribution >= 0.6 is 0 Å². The van der Waals surface area contributed by atoms with Crippen molar-refractivity contribution in [3.8, 4) is 34.3 Å². The van der Waals surface area contributed by atoms with E-state index in [1.54, 1.807) is 31.4 Å². The fourth-order valence-electron chi connectivity index (χ4n) is 3.10. The number of benzene rings is 3. The third kappa shape index (κ3) is 4.67. The zero-order valence-corrected chi connectivity index (χ0v) is 17.0. The Kier molecular flexibility index (Phi) is 5.84. The van der Waals surface area contributed by atoms with Crippen LogP contribution in [0.3, 0.4) is 0 Å². The van der Waals surface area contributed by atoms with Gasteiger partial charge in [0.05, 0.1) is 12.7 Å². The van der Waals surface area contributed by atoms with Crippen molar-refractivity contribution in [3.63, 3.8) is 0 Å². The minimum atomic E-state index is 0.286. The van der Waals surface area contributed by atoms with Crippen LogP contribution in [0.5, 0.6) is 23.1 Å². The molecule has 0 radical (unpaired) electrons. The quantitative estimate of drug-likeness (QED) is 0.423. The maximum absolute atomic E-state index is 6.17. The van der Waals surface area contributed by atoms with Crippen molar-refractivity contribution in [2.24, 2.45) is 0 Å². The number of hydrogen-bond acceptors (Lipinski definition) is 7. The molecule has 7 nitrogen and oxygen atoms in total. The summed E-state index contributed by atoms with van der Waals surface area (Å²) in [5, 5.41) is 0. The number of ether oxygens (including phenoxy) is 3. The summed E-state index contributed by atoms with van der Waals surface area (Å²) in [6, 6.07) is 22.5. The van der Waals surface area contributed by atoms with E-state index in [1.807, 2.05) is 48.5 Å². The summed E-state index contributed by atoms with van der Waals surface area (Å²) in [4.78, 5) is 8.39. The fourth-order valence-corrected chi connectivity index (χ4v) is 3.10. The van der Waals surface area contributed by atoms with Gasteiger partial charge >= 0.3 is 0 Å². The molecule has 0 fully saturated rings.